The minimum Gasteiger partial charge on any atom is -0.381 e. The second-order valence-corrected chi connectivity index (χ2v) is 3.07. The Kier molecular flexibility index (Phi) is 2.43. The van der Waals surface area contributed by atoms with Gasteiger partial charge in [0.25, 0.3) is 0 Å². The van der Waals surface area contributed by atoms with Crippen LogP contribution in [0.25, 0.3) is 0 Å². The van der Waals surface area contributed by atoms with Crippen molar-refractivity contribution in [3.63, 3.8) is 0 Å². The molecule has 0 amide bonds. The Morgan fingerprint density at radius 2 is 2.00 bits per heavy atom. The van der Waals surface area contributed by atoms with Crippen LogP contribution in [0.5, 0.6) is 5.75 Å². The zero-order valence-electron chi connectivity index (χ0n) is 6.81. The third-order valence-corrected chi connectivity index (χ3v) is 2.01. The standard InChI is InChI=1S/C9H8N2OS/c1-2-4-8(5-3-1)12-10-9-6-7-13-11-9/h1-7H,(H,10,11). The minimum absolute atomic E-state index is 0.730. The molecule has 2 aromatic rings. The van der Waals surface area contributed by atoms with Crippen molar-refractivity contribution in [1.29, 1.82) is 0 Å². The van der Waals surface area contributed by atoms with Gasteiger partial charge in [0.2, 0.25) is 0 Å². The number of hydrogen-bond donors (Lipinski definition) is 1. The molecule has 1 heterocycles. The van der Waals surface area contributed by atoms with Crippen molar-refractivity contribution in [2.75, 3.05) is 5.48 Å². The molecule has 13 heavy (non-hydrogen) atoms. The summed E-state index contributed by atoms with van der Waals surface area (Å²) in [5.41, 5.74) is 2.74. The van der Waals surface area contributed by atoms with Crippen molar-refractivity contribution in [2.45, 2.75) is 0 Å². The molecule has 0 spiro atoms. The fraction of sp³-hybridized carbons (Fsp3) is 0. The van der Waals surface area contributed by atoms with E-state index in [1.54, 1.807) is 0 Å². The average molecular weight is 192 g/mol. The van der Waals surface area contributed by atoms with E-state index in [1.807, 2.05) is 41.8 Å². The molecule has 0 saturated carbocycles. The lowest BCUT2D eigenvalue weighted by molar-refractivity contribution is 0.403. The molecule has 3 nitrogen and oxygen atoms in total. The molecule has 0 atom stereocenters. The van der Waals surface area contributed by atoms with Gasteiger partial charge >= 0.3 is 0 Å². The Morgan fingerprint density at radius 3 is 2.69 bits per heavy atom. The maximum Gasteiger partial charge on any atom is 0.173 e. The Morgan fingerprint density at radius 1 is 1.15 bits per heavy atom. The smallest absolute Gasteiger partial charge is 0.173 e. The average Bonchev–Trinajstić information content (AvgIpc) is 2.69. The van der Waals surface area contributed by atoms with E-state index in [-0.39, 0.29) is 0 Å². The molecule has 0 bridgehead atoms. The predicted molar refractivity (Wildman–Crippen MR) is 52.8 cm³/mol. The van der Waals surface area contributed by atoms with Crippen molar-refractivity contribution in [2.24, 2.45) is 0 Å². The van der Waals surface area contributed by atoms with Gasteiger partial charge < -0.3 is 4.84 Å². The number of benzene rings is 1. The highest BCUT2D eigenvalue weighted by atomic mass is 32.1. The third-order valence-electron chi connectivity index (χ3n) is 1.45. The van der Waals surface area contributed by atoms with E-state index >= 15 is 0 Å². The summed E-state index contributed by atoms with van der Waals surface area (Å²) in [6, 6.07) is 11.4. The summed E-state index contributed by atoms with van der Waals surface area (Å²) >= 11 is 1.38. The van der Waals surface area contributed by atoms with Crippen molar-refractivity contribution < 1.29 is 4.84 Å². The molecule has 66 valence electrons. The molecule has 0 aliphatic rings. The molecule has 0 fully saturated rings. The summed E-state index contributed by atoms with van der Waals surface area (Å²) in [4.78, 5) is 5.24. The van der Waals surface area contributed by atoms with E-state index in [2.05, 4.69) is 9.85 Å². The Bertz CT molecular complexity index is 347. The molecule has 0 saturated heterocycles. The molecular weight excluding hydrogens is 184 g/mol. The van der Waals surface area contributed by atoms with Crippen molar-refractivity contribution in [3.05, 3.63) is 41.8 Å². The van der Waals surface area contributed by atoms with Gasteiger partial charge in [-0.25, -0.2) is 5.48 Å². The Labute approximate surface area is 80.1 Å². The van der Waals surface area contributed by atoms with Crippen LogP contribution in [0.2, 0.25) is 0 Å². The highest BCUT2D eigenvalue weighted by molar-refractivity contribution is 7.03. The molecule has 1 N–H and O–H groups in total. The van der Waals surface area contributed by atoms with E-state index in [4.69, 9.17) is 4.84 Å². The summed E-state index contributed by atoms with van der Waals surface area (Å²) in [5, 5.41) is 1.89. The first-order valence-electron chi connectivity index (χ1n) is 3.83. The number of hydrogen-bond acceptors (Lipinski definition) is 4. The van der Waals surface area contributed by atoms with E-state index in [0.29, 0.717) is 0 Å². The zero-order valence-corrected chi connectivity index (χ0v) is 7.62. The monoisotopic (exact) mass is 192 g/mol. The lowest BCUT2D eigenvalue weighted by atomic mass is 10.3. The normalized spacial score (nSPS) is 9.54. The van der Waals surface area contributed by atoms with Gasteiger partial charge in [0.15, 0.2) is 11.6 Å². The fourth-order valence-corrected chi connectivity index (χ4v) is 1.33. The Hall–Kier alpha value is -1.55. The van der Waals surface area contributed by atoms with Crippen LogP contribution < -0.4 is 10.3 Å². The zero-order chi connectivity index (χ0) is 8.93. The van der Waals surface area contributed by atoms with Crippen LogP contribution in [0.1, 0.15) is 0 Å². The van der Waals surface area contributed by atoms with E-state index in [9.17, 15) is 0 Å². The Balaban J connectivity index is 1.94. The topological polar surface area (TPSA) is 34.1 Å². The maximum atomic E-state index is 5.24. The van der Waals surface area contributed by atoms with Crippen LogP contribution in [0.15, 0.2) is 41.8 Å². The van der Waals surface area contributed by atoms with Gasteiger partial charge in [-0.1, -0.05) is 18.2 Å². The molecule has 4 heteroatoms. The molecule has 1 aromatic heterocycles. The lowest BCUT2D eigenvalue weighted by Gasteiger charge is -2.03. The summed E-state index contributed by atoms with van der Waals surface area (Å²) in [6.07, 6.45) is 0. The summed E-state index contributed by atoms with van der Waals surface area (Å²) in [5.74, 6) is 1.50. The first kappa shape index (κ1) is 8.07. The molecular formula is C9H8N2OS. The molecule has 1 aromatic carbocycles. The molecule has 0 aliphatic heterocycles. The van der Waals surface area contributed by atoms with Crippen molar-refractivity contribution in [1.82, 2.24) is 4.37 Å². The van der Waals surface area contributed by atoms with Crippen LogP contribution >= 0.6 is 11.5 Å². The number of rotatable bonds is 3. The van der Waals surface area contributed by atoms with E-state index < -0.39 is 0 Å². The van der Waals surface area contributed by atoms with Crippen LogP contribution in [0.4, 0.5) is 5.82 Å². The lowest BCUT2D eigenvalue weighted by Crippen LogP contribution is -2.03. The van der Waals surface area contributed by atoms with Crippen LogP contribution in [-0.4, -0.2) is 4.37 Å². The third kappa shape index (κ3) is 2.19. The van der Waals surface area contributed by atoms with Crippen LogP contribution in [0.3, 0.4) is 0 Å². The largest absolute Gasteiger partial charge is 0.381 e. The molecule has 0 aliphatic carbocycles. The van der Waals surface area contributed by atoms with Crippen LogP contribution in [0, 0.1) is 0 Å². The summed E-state index contributed by atoms with van der Waals surface area (Å²) in [6.45, 7) is 0. The highest BCUT2D eigenvalue weighted by Crippen LogP contribution is 2.11. The summed E-state index contributed by atoms with van der Waals surface area (Å²) < 4.78 is 4.04. The molecule has 0 unspecified atom stereocenters. The minimum atomic E-state index is 0.730. The van der Waals surface area contributed by atoms with Gasteiger partial charge in [-0.3, -0.25) is 0 Å². The molecule has 0 radical (unpaired) electrons. The van der Waals surface area contributed by atoms with E-state index in [1.165, 1.54) is 11.5 Å². The predicted octanol–water partition coefficient (Wildman–Crippen LogP) is 2.55. The van der Waals surface area contributed by atoms with E-state index in [0.717, 1.165) is 11.6 Å². The number of nitrogens with one attached hydrogen (secondary N) is 1. The maximum absolute atomic E-state index is 5.24. The van der Waals surface area contributed by atoms with Gasteiger partial charge in [0.05, 0.1) is 0 Å². The SMILES string of the molecule is c1ccc(ONc2ccsn2)cc1. The van der Waals surface area contributed by atoms with Crippen molar-refractivity contribution in [3.8, 4) is 5.75 Å². The van der Waals surface area contributed by atoms with Gasteiger partial charge in [-0.15, -0.1) is 0 Å². The summed E-state index contributed by atoms with van der Waals surface area (Å²) in [7, 11) is 0. The molecule has 2 rings (SSSR count). The number of anilines is 1. The van der Waals surface area contributed by atoms with Gasteiger partial charge in [-0.05, 0) is 29.7 Å². The number of para-hydroxylation sites is 1. The quantitative estimate of drug-likeness (QED) is 0.759. The van der Waals surface area contributed by atoms with Gasteiger partial charge in [0, 0.05) is 5.38 Å². The number of aromatic nitrogens is 1. The van der Waals surface area contributed by atoms with Gasteiger partial charge in [0.1, 0.15) is 0 Å². The first-order valence-corrected chi connectivity index (χ1v) is 4.67. The second kappa shape index (κ2) is 3.91. The first-order chi connectivity index (χ1) is 6.45. The fourth-order valence-electron chi connectivity index (χ4n) is 0.865. The van der Waals surface area contributed by atoms with Crippen molar-refractivity contribution >= 4 is 17.4 Å². The van der Waals surface area contributed by atoms with Gasteiger partial charge in [-0.2, -0.15) is 4.37 Å². The second-order valence-electron chi connectivity index (χ2n) is 2.40. The van der Waals surface area contributed by atoms with Crippen LogP contribution in [-0.2, 0) is 0 Å². The highest BCUT2D eigenvalue weighted by Gasteiger charge is 1.93. The number of nitrogens with zero attached hydrogens (tertiary/aromatic N) is 1.